The summed E-state index contributed by atoms with van der Waals surface area (Å²) in [5.41, 5.74) is 0.346. The van der Waals surface area contributed by atoms with Gasteiger partial charge in [0.15, 0.2) is 0 Å². The Labute approximate surface area is 164 Å². The van der Waals surface area contributed by atoms with Crippen LogP contribution in [0.25, 0.3) is 0 Å². The molecule has 5 aliphatic rings. The van der Waals surface area contributed by atoms with Gasteiger partial charge in [0.1, 0.15) is 0 Å². The molecule has 0 aromatic carbocycles. The molecule has 27 heavy (non-hydrogen) atoms. The molecule has 0 aromatic rings. The lowest BCUT2D eigenvalue weighted by molar-refractivity contribution is -0.123. The fraction of sp³-hybridized carbons (Fsp3) is 0.957. The maximum Gasteiger partial charge on any atom is 0.224 e. The smallest absolute Gasteiger partial charge is 0.224 e. The Bertz CT molecular complexity index is 610. The van der Waals surface area contributed by atoms with Gasteiger partial charge in [-0.15, -0.1) is 0 Å². The van der Waals surface area contributed by atoms with E-state index in [-0.39, 0.29) is 28.3 Å². The highest BCUT2D eigenvalue weighted by atomic mass is 16.5. The van der Waals surface area contributed by atoms with Gasteiger partial charge in [-0.1, -0.05) is 47.0 Å². The molecule has 5 fully saturated rings. The first kappa shape index (κ1) is 18.4. The summed E-state index contributed by atoms with van der Waals surface area (Å²) in [5.74, 6) is 1.56. The van der Waals surface area contributed by atoms with Gasteiger partial charge in [0.2, 0.25) is 5.91 Å². The molecule has 0 unspecified atom stereocenters. The standard InChI is InChI=1S/C23H38N2O2/c1-21(2)19(22(21,3)4)20(26)24-12-16-17-13-25(15-8-6-5-7-9-15)14-23(17)11-10-18(16)27-23/h15-19H,5-14H2,1-4H3,(H,24,26)/t16-,17+,18+,23+/m0/s1. The summed E-state index contributed by atoms with van der Waals surface area (Å²) in [4.78, 5) is 15.6. The van der Waals surface area contributed by atoms with E-state index in [1.165, 1.54) is 51.5 Å². The monoisotopic (exact) mass is 374 g/mol. The average molecular weight is 375 g/mol. The van der Waals surface area contributed by atoms with E-state index in [1.54, 1.807) is 0 Å². The Hall–Kier alpha value is -0.610. The highest BCUT2D eigenvalue weighted by Gasteiger charge is 2.68. The number of amides is 1. The van der Waals surface area contributed by atoms with Crippen LogP contribution in [0.5, 0.6) is 0 Å². The Morgan fingerprint density at radius 3 is 2.44 bits per heavy atom. The summed E-state index contributed by atoms with van der Waals surface area (Å²) < 4.78 is 6.61. The molecule has 2 bridgehead atoms. The number of nitrogens with zero attached hydrogens (tertiary/aromatic N) is 1. The first-order chi connectivity index (χ1) is 12.8. The average Bonchev–Trinajstić information content (AvgIpc) is 3.11. The number of likely N-dealkylation sites (tertiary alicyclic amines) is 1. The normalized spacial score (nSPS) is 43.0. The van der Waals surface area contributed by atoms with Crippen LogP contribution < -0.4 is 5.32 Å². The lowest BCUT2D eigenvalue weighted by Crippen LogP contribution is -2.42. The largest absolute Gasteiger partial charge is 0.370 e. The van der Waals surface area contributed by atoms with Gasteiger partial charge in [-0.3, -0.25) is 9.69 Å². The zero-order valence-electron chi connectivity index (χ0n) is 17.7. The molecule has 4 nitrogen and oxygen atoms in total. The summed E-state index contributed by atoms with van der Waals surface area (Å²) in [6, 6.07) is 0.782. The van der Waals surface area contributed by atoms with Crippen molar-refractivity contribution in [3.8, 4) is 0 Å². The van der Waals surface area contributed by atoms with E-state index >= 15 is 0 Å². The predicted molar refractivity (Wildman–Crippen MR) is 106 cm³/mol. The molecule has 4 atom stereocenters. The predicted octanol–water partition coefficient (Wildman–Crippen LogP) is 3.60. The van der Waals surface area contributed by atoms with Crippen molar-refractivity contribution >= 4 is 5.91 Å². The number of hydrogen-bond donors (Lipinski definition) is 1. The summed E-state index contributed by atoms with van der Waals surface area (Å²) in [5, 5.41) is 3.35. The van der Waals surface area contributed by atoms with Crippen molar-refractivity contribution in [1.82, 2.24) is 10.2 Å². The highest BCUT2D eigenvalue weighted by molar-refractivity contribution is 5.84. The van der Waals surface area contributed by atoms with Gasteiger partial charge in [0, 0.05) is 43.4 Å². The number of ether oxygens (including phenoxy) is 1. The van der Waals surface area contributed by atoms with Crippen LogP contribution in [0.1, 0.15) is 72.6 Å². The molecule has 4 heteroatoms. The topological polar surface area (TPSA) is 41.6 Å². The van der Waals surface area contributed by atoms with Crippen molar-refractivity contribution in [3.05, 3.63) is 0 Å². The van der Waals surface area contributed by atoms with E-state index < -0.39 is 0 Å². The number of carbonyl (C=O) groups excluding carboxylic acids is 1. The Balaban J connectivity index is 1.23. The molecule has 2 saturated carbocycles. The maximum absolute atomic E-state index is 12.8. The van der Waals surface area contributed by atoms with Crippen molar-refractivity contribution in [3.63, 3.8) is 0 Å². The lowest BCUT2D eigenvalue weighted by Gasteiger charge is -2.32. The van der Waals surface area contributed by atoms with E-state index in [9.17, 15) is 4.79 Å². The molecule has 3 saturated heterocycles. The van der Waals surface area contributed by atoms with E-state index in [2.05, 4.69) is 37.9 Å². The minimum atomic E-state index is 0.107. The van der Waals surface area contributed by atoms with E-state index in [4.69, 9.17) is 4.74 Å². The molecular formula is C23H38N2O2. The molecule has 3 heterocycles. The molecule has 152 valence electrons. The number of rotatable bonds is 4. The SMILES string of the molecule is CC1(C)C(C(=O)NC[C@H]2[C@H]3CN(C4CCCCC4)C[C@]34CC[C@H]2O4)C1(C)C. The molecule has 1 spiro atoms. The third-order valence-electron chi connectivity index (χ3n) is 9.70. The zero-order chi connectivity index (χ0) is 19.0. The van der Waals surface area contributed by atoms with Gasteiger partial charge in [-0.25, -0.2) is 0 Å². The van der Waals surface area contributed by atoms with Gasteiger partial charge < -0.3 is 10.1 Å². The summed E-state index contributed by atoms with van der Waals surface area (Å²) >= 11 is 0. The van der Waals surface area contributed by atoms with Crippen molar-refractivity contribution in [2.75, 3.05) is 19.6 Å². The van der Waals surface area contributed by atoms with Crippen LogP contribution in [0, 0.1) is 28.6 Å². The number of fused-ring (bicyclic) bond motifs is 1. The van der Waals surface area contributed by atoms with Crippen molar-refractivity contribution in [2.45, 2.75) is 90.4 Å². The second-order valence-corrected chi connectivity index (χ2v) is 11.4. The summed E-state index contributed by atoms with van der Waals surface area (Å²) in [6.45, 7) is 12.1. The molecule has 3 aliphatic heterocycles. The molecule has 0 radical (unpaired) electrons. The molecule has 1 amide bonds. The number of carbonyl (C=O) groups is 1. The fourth-order valence-corrected chi connectivity index (χ4v) is 7.40. The van der Waals surface area contributed by atoms with Crippen LogP contribution >= 0.6 is 0 Å². The maximum atomic E-state index is 12.8. The van der Waals surface area contributed by atoms with E-state index in [1.807, 2.05) is 0 Å². The Morgan fingerprint density at radius 2 is 1.78 bits per heavy atom. The van der Waals surface area contributed by atoms with E-state index in [0.717, 1.165) is 19.1 Å². The van der Waals surface area contributed by atoms with Gasteiger partial charge in [0.05, 0.1) is 11.7 Å². The second kappa shape index (κ2) is 5.95. The molecular weight excluding hydrogens is 336 g/mol. The van der Waals surface area contributed by atoms with E-state index in [0.29, 0.717) is 17.9 Å². The third-order valence-corrected chi connectivity index (χ3v) is 9.70. The van der Waals surface area contributed by atoms with Gasteiger partial charge in [-0.05, 0) is 36.5 Å². The molecule has 0 aromatic heterocycles. The van der Waals surface area contributed by atoms with Gasteiger partial charge in [-0.2, -0.15) is 0 Å². The Kier molecular flexibility index (Phi) is 4.06. The third kappa shape index (κ3) is 2.58. The highest BCUT2D eigenvalue weighted by Crippen LogP contribution is 2.68. The van der Waals surface area contributed by atoms with Gasteiger partial charge >= 0.3 is 0 Å². The van der Waals surface area contributed by atoms with Crippen LogP contribution in [-0.2, 0) is 9.53 Å². The van der Waals surface area contributed by atoms with Gasteiger partial charge in [0.25, 0.3) is 0 Å². The minimum absolute atomic E-state index is 0.107. The van der Waals surface area contributed by atoms with Crippen molar-refractivity contribution < 1.29 is 9.53 Å². The quantitative estimate of drug-likeness (QED) is 0.817. The summed E-state index contributed by atoms with van der Waals surface area (Å²) in [7, 11) is 0. The van der Waals surface area contributed by atoms with Crippen LogP contribution in [-0.4, -0.2) is 48.2 Å². The molecule has 2 aliphatic carbocycles. The van der Waals surface area contributed by atoms with Crippen LogP contribution in [0.4, 0.5) is 0 Å². The van der Waals surface area contributed by atoms with Crippen LogP contribution in [0.15, 0.2) is 0 Å². The van der Waals surface area contributed by atoms with Crippen LogP contribution in [0.2, 0.25) is 0 Å². The number of hydrogen-bond acceptors (Lipinski definition) is 3. The first-order valence-corrected chi connectivity index (χ1v) is 11.5. The minimum Gasteiger partial charge on any atom is -0.370 e. The Morgan fingerprint density at radius 1 is 1.07 bits per heavy atom. The van der Waals surface area contributed by atoms with Crippen LogP contribution in [0.3, 0.4) is 0 Å². The fourth-order valence-electron chi connectivity index (χ4n) is 7.40. The lowest BCUT2D eigenvalue weighted by atomic mass is 9.73. The zero-order valence-corrected chi connectivity index (χ0v) is 17.7. The first-order valence-electron chi connectivity index (χ1n) is 11.5. The van der Waals surface area contributed by atoms with Crippen molar-refractivity contribution in [2.24, 2.45) is 28.6 Å². The summed E-state index contributed by atoms with van der Waals surface area (Å²) in [6.07, 6.45) is 9.76. The second-order valence-electron chi connectivity index (χ2n) is 11.4. The molecule has 1 N–H and O–H groups in total. The van der Waals surface area contributed by atoms with Crippen molar-refractivity contribution in [1.29, 1.82) is 0 Å². The molecule has 5 rings (SSSR count). The number of nitrogens with one attached hydrogen (secondary N) is 1.